The Labute approximate surface area is 169 Å². The zero-order valence-corrected chi connectivity index (χ0v) is 17.9. The van der Waals surface area contributed by atoms with Gasteiger partial charge in [-0.3, -0.25) is 4.79 Å². The molecule has 1 aromatic heterocycles. The van der Waals surface area contributed by atoms with Crippen LogP contribution in [0.5, 0.6) is 5.75 Å². The van der Waals surface area contributed by atoms with Crippen molar-refractivity contribution in [2.45, 2.75) is 45.2 Å². The van der Waals surface area contributed by atoms with Crippen molar-refractivity contribution in [1.82, 2.24) is 5.32 Å². The lowest BCUT2D eigenvalue weighted by molar-refractivity contribution is 0.0600. The maximum atomic E-state index is 12.8. The Morgan fingerprint density at radius 2 is 1.89 bits per heavy atom. The normalized spacial score (nSPS) is 16.8. The molecule has 0 saturated heterocycles. The van der Waals surface area contributed by atoms with Crippen LogP contribution < -0.4 is 15.4 Å². The lowest BCUT2D eigenvalue weighted by Gasteiger charge is -2.42. The van der Waals surface area contributed by atoms with Gasteiger partial charge in [0.25, 0.3) is 5.91 Å². The summed E-state index contributed by atoms with van der Waals surface area (Å²) in [5.41, 5.74) is 1.32. The summed E-state index contributed by atoms with van der Waals surface area (Å²) in [5, 5.41) is 7.04. The van der Waals surface area contributed by atoms with Crippen molar-refractivity contribution in [2.75, 3.05) is 19.5 Å². The number of nitrogens with one attached hydrogen (secondary N) is 2. The fourth-order valence-electron chi connectivity index (χ4n) is 3.87. The number of anilines is 1. The summed E-state index contributed by atoms with van der Waals surface area (Å²) in [6.07, 6.45) is 0.668. The topological polar surface area (TPSA) is 76.7 Å². The number of benzene rings is 1. The van der Waals surface area contributed by atoms with E-state index in [1.807, 2.05) is 0 Å². The summed E-state index contributed by atoms with van der Waals surface area (Å²) in [5.74, 6) is -0.141. The number of carbonyl (C=O) groups excluding carboxylic acids is 2. The van der Waals surface area contributed by atoms with Crippen LogP contribution in [0.15, 0.2) is 24.3 Å². The number of thiophene rings is 1. The van der Waals surface area contributed by atoms with E-state index in [1.165, 1.54) is 18.4 Å². The predicted molar refractivity (Wildman–Crippen MR) is 111 cm³/mol. The van der Waals surface area contributed by atoms with E-state index in [4.69, 9.17) is 9.47 Å². The van der Waals surface area contributed by atoms with Crippen molar-refractivity contribution >= 4 is 28.2 Å². The Morgan fingerprint density at radius 3 is 2.54 bits per heavy atom. The van der Waals surface area contributed by atoms with Gasteiger partial charge in [-0.2, -0.15) is 0 Å². The van der Waals surface area contributed by atoms with Crippen LogP contribution in [0.4, 0.5) is 5.00 Å². The Morgan fingerprint density at radius 1 is 1.18 bits per heavy atom. The van der Waals surface area contributed by atoms with E-state index in [0.717, 1.165) is 10.4 Å². The predicted octanol–water partition coefficient (Wildman–Crippen LogP) is 3.96. The number of fused-ring (bicyclic) bond motifs is 1. The van der Waals surface area contributed by atoms with Crippen molar-refractivity contribution in [3.8, 4) is 5.75 Å². The second kappa shape index (κ2) is 7.22. The van der Waals surface area contributed by atoms with Gasteiger partial charge in [0.15, 0.2) is 0 Å². The van der Waals surface area contributed by atoms with Crippen LogP contribution in [0.2, 0.25) is 0 Å². The first-order valence-corrected chi connectivity index (χ1v) is 9.89. The summed E-state index contributed by atoms with van der Waals surface area (Å²) >= 11 is 1.42. The van der Waals surface area contributed by atoms with Gasteiger partial charge in [-0.15, -0.1) is 11.3 Å². The molecule has 1 aliphatic rings. The van der Waals surface area contributed by atoms with E-state index in [2.05, 4.69) is 38.3 Å². The molecule has 150 valence electrons. The number of esters is 1. The van der Waals surface area contributed by atoms with Gasteiger partial charge in [-0.05, 0) is 57.9 Å². The van der Waals surface area contributed by atoms with Gasteiger partial charge < -0.3 is 20.1 Å². The Hall–Kier alpha value is -2.38. The van der Waals surface area contributed by atoms with Crippen LogP contribution in [0, 0.1) is 0 Å². The summed E-state index contributed by atoms with van der Waals surface area (Å²) < 4.78 is 10.2. The Balaban J connectivity index is 2.05. The number of ether oxygens (including phenoxy) is 2. The molecule has 1 aliphatic heterocycles. The molecule has 0 spiro atoms. The van der Waals surface area contributed by atoms with Crippen LogP contribution in [-0.4, -0.2) is 31.6 Å². The zero-order valence-electron chi connectivity index (χ0n) is 17.1. The fraction of sp³-hybridized carbons (Fsp3) is 0.429. The molecule has 0 bridgehead atoms. The van der Waals surface area contributed by atoms with E-state index in [0.29, 0.717) is 28.3 Å². The molecule has 3 rings (SSSR count). The SMILES string of the molecule is COC(=O)c1c(NC(=O)c2cccc(OC)c2)sc2c1CC(C)(C)NC2(C)C. The molecule has 0 unspecified atom stereocenters. The van der Waals surface area contributed by atoms with Gasteiger partial charge in [0, 0.05) is 21.5 Å². The van der Waals surface area contributed by atoms with E-state index in [-0.39, 0.29) is 17.0 Å². The standard InChI is InChI=1S/C21H26N2O4S/c1-20(2)11-14-15(19(25)27-6)18(28-16(14)21(3,4)23-20)22-17(24)12-8-7-9-13(10-12)26-5/h7-10,23H,11H2,1-6H3,(H,22,24). The first-order chi connectivity index (χ1) is 13.1. The highest BCUT2D eigenvalue weighted by Gasteiger charge is 2.42. The first kappa shape index (κ1) is 20.4. The Bertz CT molecular complexity index is 930. The number of rotatable bonds is 4. The Kier molecular flexibility index (Phi) is 5.25. The van der Waals surface area contributed by atoms with Crippen LogP contribution in [0.3, 0.4) is 0 Å². The monoisotopic (exact) mass is 402 g/mol. The molecule has 2 N–H and O–H groups in total. The van der Waals surface area contributed by atoms with Crippen molar-refractivity contribution in [3.63, 3.8) is 0 Å². The van der Waals surface area contributed by atoms with Gasteiger partial charge in [-0.25, -0.2) is 4.79 Å². The minimum atomic E-state index is -0.438. The highest BCUT2D eigenvalue weighted by molar-refractivity contribution is 7.17. The van der Waals surface area contributed by atoms with Crippen LogP contribution in [0.1, 0.15) is 58.9 Å². The van der Waals surface area contributed by atoms with E-state index >= 15 is 0 Å². The highest BCUT2D eigenvalue weighted by atomic mass is 32.1. The minimum absolute atomic E-state index is 0.186. The molecule has 6 nitrogen and oxygen atoms in total. The molecule has 0 fully saturated rings. The smallest absolute Gasteiger partial charge is 0.341 e. The van der Waals surface area contributed by atoms with E-state index in [9.17, 15) is 9.59 Å². The lowest BCUT2D eigenvalue weighted by atomic mass is 9.81. The molecule has 0 saturated carbocycles. The number of hydrogen-bond donors (Lipinski definition) is 2. The summed E-state index contributed by atoms with van der Waals surface area (Å²) in [6.45, 7) is 8.37. The molecule has 0 aliphatic carbocycles. The molecular formula is C21H26N2O4S. The zero-order chi connectivity index (χ0) is 20.7. The van der Waals surface area contributed by atoms with E-state index in [1.54, 1.807) is 31.4 Å². The molecular weight excluding hydrogens is 376 g/mol. The average molecular weight is 403 g/mol. The fourth-order valence-corrected chi connectivity index (χ4v) is 5.13. The molecule has 2 aromatic rings. The lowest BCUT2D eigenvalue weighted by Crippen LogP contribution is -2.55. The summed E-state index contributed by atoms with van der Waals surface area (Å²) in [4.78, 5) is 26.5. The van der Waals surface area contributed by atoms with Gasteiger partial charge in [0.05, 0.1) is 19.8 Å². The van der Waals surface area contributed by atoms with Crippen LogP contribution in [-0.2, 0) is 16.7 Å². The second-order valence-electron chi connectivity index (χ2n) is 8.10. The third-order valence-electron chi connectivity index (χ3n) is 4.79. The molecule has 1 amide bonds. The molecule has 28 heavy (non-hydrogen) atoms. The van der Waals surface area contributed by atoms with Crippen molar-refractivity contribution in [2.24, 2.45) is 0 Å². The van der Waals surface area contributed by atoms with Gasteiger partial charge >= 0.3 is 5.97 Å². The van der Waals surface area contributed by atoms with Crippen molar-refractivity contribution < 1.29 is 19.1 Å². The molecule has 1 aromatic carbocycles. The maximum Gasteiger partial charge on any atom is 0.341 e. The second-order valence-corrected chi connectivity index (χ2v) is 9.12. The van der Waals surface area contributed by atoms with E-state index < -0.39 is 5.97 Å². The number of hydrogen-bond acceptors (Lipinski definition) is 6. The summed E-state index contributed by atoms with van der Waals surface area (Å²) in [7, 11) is 2.91. The third-order valence-corrected chi connectivity index (χ3v) is 6.26. The molecule has 7 heteroatoms. The average Bonchev–Trinajstić information content (AvgIpc) is 2.98. The first-order valence-electron chi connectivity index (χ1n) is 9.07. The number of methoxy groups -OCH3 is 2. The number of carbonyl (C=O) groups is 2. The van der Waals surface area contributed by atoms with Crippen LogP contribution >= 0.6 is 11.3 Å². The quantitative estimate of drug-likeness (QED) is 0.757. The van der Waals surface area contributed by atoms with Gasteiger partial charge in [0.2, 0.25) is 0 Å². The molecule has 0 atom stereocenters. The maximum absolute atomic E-state index is 12.8. The van der Waals surface area contributed by atoms with Crippen LogP contribution in [0.25, 0.3) is 0 Å². The third kappa shape index (κ3) is 3.77. The highest BCUT2D eigenvalue weighted by Crippen LogP contribution is 2.45. The molecule has 0 radical (unpaired) electrons. The van der Waals surface area contributed by atoms with Gasteiger partial charge in [-0.1, -0.05) is 6.07 Å². The molecule has 2 heterocycles. The van der Waals surface area contributed by atoms with Crippen molar-refractivity contribution in [3.05, 3.63) is 45.8 Å². The minimum Gasteiger partial charge on any atom is -0.497 e. The largest absolute Gasteiger partial charge is 0.497 e. The van der Waals surface area contributed by atoms with Gasteiger partial charge in [0.1, 0.15) is 10.8 Å². The summed E-state index contributed by atoms with van der Waals surface area (Å²) in [6, 6.07) is 6.90. The van der Waals surface area contributed by atoms with Crippen molar-refractivity contribution in [1.29, 1.82) is 0 Å². The number of amides is 1.